The normalized spacial score (nSPS) is 15.9. The molecule has 0 aliphatic heterocycles. The molecule has 0 aliphatic rings. The fourth-order valence-corrected chi connectivity index (χ4v) is 0.706. The molecule has 0 rings (SSSR count). The summed E-state index contributed by atoms with van der Waals surface area (Å²) in [6, 6.07) is 0. The van der Waals surface area contributed by atoms with Crippen molar-refractivity contribution in [2.75, 3.05) is 13.2 Å². The Morgan fingerprint density at radius 2 is 2.18 bits per heavy atom. The van der Waals surface area contributed by atoms with Gasteiger partial charge in [-0.25, -0.2) is 0 Å². The highest BCUT2D eigenvalue weighted by atomic mass is 16.5. The van der Waals surface area contributed by atoms with Crippen molar-refractivity contribution in [2.24, 2.45) is 0 Å². The van der Waals surface area contributed by atoms with Crippen LogP contribution in [-0.4, -0.2) is 35.6 Å². The molecule has 3 heteroatoms. The summed E-state index contributed by atoms with van der Waals surface area (Å²) in [5, 5.41) is 17.5. The van der Waals surface area contributed by atoms with Crippen LogP contribution in [0.1, 0.15) is 6.42 Å². The van der Waals surface area contributed by atoms with Gasteiger partial charge in [0.05, 0.1) is 18.8 Å². The summed E-state index contributed by atoms with van der Waals surface area (Å²) in [5.41, 5.74) is 0. The van der Waals surface area contributed by atoms with Crippen molar-refractivity contribution >= 4 is 0 Å². The highest BCUT2D eigenvalue weighted by Crippen LogP contribution is 2.03. The van der Waals surface area contributed by atoms with Crippen LogP contribution in [0.2, 0.25) is 0 Å². The molecular weight excluding hydrogens is 144 g/mol. The predicted octanol–water partition coefficient (Wildman–Crippen LogP) is 0.135. The van der Waals surface area contributed by atoms with Crippen molar-refractivity contribution < 1.29 is 14.9 Å². The molecule has 2 unspecified atom stereocenters. The summed E-state index contributed by atoms with van der Waals surface area (Å²) in [6.07, 6.45) is 0.811. The summed E-state index contributed by atoms with van der Waals surface area (Å²) < 4.78 is 5.10. The Hall–Kier alpha value is -0.380. The molecule has 0 aromatic heterocycles. The van der Waals surface area contributed by atoms with Gasteiger partial charge in [0.15, 0.2) is 0 Å². The molecule has 0 aromatic rings. The summed E-state index contributed by atoms with van der Waals surface area (Å²) in [7, 11) is 0. The molecule has 0 aliphatic carbocycles. The number of aliphatic hydroxyl groups excluding tert-OH is 2. The van der Waals surface area contributed by atoms with Crippen molar-refractivity contribution in [3.8, 4) is 0 Å². The Labute approximate surface area is 67.3 Å². The van der Waals surface area contributed by atoms with Gasteiger partial charge in [-0.3, -0.25) is 0 Å². The van der Waals surface area contributed by atoms with Gasteiger partial charge in [-0.15, -0.1) is 6.58 Å². The molecule has 0 spiro atoms. The van der Waals surface area contributed by atoms with Gasteiger partial charge < -0.3 is 14.9 Å². The molecule has 3 nitrogen and oxygen atoms in total. The van der Waals surface area contributed by atoms with Crippen molar-refractivity contribution in [1.82, 2.24) is 0 Å². The molecule has 1 radical (unpaired) electrons. The second kappa shape index (κ2) is 6.34. The Morgan fingerprint density at radius 1 is 1.55 bits per heavy atom. The maximum absolute atomic E-state index is 8.99. The van der Waals surface area contributed by atoms with Crippen LogP contribution in [-0.2, 0) is 4.74 Å². The minimum atomic E-state index is -0.790. The molecule has 0 saturated heterocycles. The van der Waals surface area contributed by atoms with E-state index in [2.05, 4.69) is 13.5 Å². The minimum absolute atomic E-state index is 0.00557. The number of ether oxygens (including phenoxy) is 1. The third-order valence-electron chi connectivity index (χ3n) is 1.27. The first kappa shape index (κ1) is 10.6. The number of hydrogen-bond donors (Lipinski definition) is 2. The first-order valence-electron chi connectivity index (χ1n) is 3.57. The minimum Gasteiger partial charge on any atom is -0.396 e. The van der Waals surface area contributed by atoms with Gasteiger partial charge >= 0.3 is 0 Å². The van der Waals surface area contributed by atoms with Crippen LogP contribution in [0.5, 0.6) is 0 Å². The standard InChI is InChI=1S/C8H15O3/c1-3-6-11-8(4-5-9)7(2)10/h3,7-10H,1-2,4-6H2. The predicted molar refractivity (Wildman–Crippen MR) is 43.0 cm³/mol. The highest BCUT2D eigenvalue weighted by molar-refractivity contribution is 4.73. The largest absolute Gasteiger partial charge is 0.396 e. The summed E-state index contributed by atoms with van der Waals surface area (Å²) >= 11 is 0. The molecule has 0 saturated carbocycles. The lowest BCUT2D eigenvalue weighted by atomic mass is 10.2. The molecule has 65 valence electrons. The molecule has 0 heterocycles. The third-order valence-corrected chi connectivity index (χ3v) is 1.27. The molecule has 0 fully saturated rings. The third kappa shape index (κ3) is 4.95. The number of rotatable bonds is 6. The van der Waals surface area contributed by atoms with Crippen molar-refractivity contribution in [2.45, 2.75) is 18.6 Å². The van der Waals surface area contributed by atoms with Gasteiger partial charge in [-0.1, -0.05) is 6.08 Å². The Bertz CT molecular complexity index is 102. The van der Waals surface area contributed by atoms with Crippen LogP contribution in [0.25, 0.3) is 0 Å². The zero-order valence-electron chi connectivity index (χ0n) is 6.57. The van der Waals surface area contributed by atoms with Gasteiger partial charge in [0.1, 0.15) is 0 Å². The van der Waals surface area contributed by atoms with Gasteiger partial charge in [-0.05, 0) is 13.3 Å². The Kier molecular flexibility index (Phi) is 6.12. The maximum atomic E-state index is 8.99. The summed E-state index contributed by atoms with van der Waals surface area (Å²) in [5.74, 6) is 0. The monoisotopic (exact) mass is 159 g/mol. The lowest BCUT2D eigenvalue weighted by Gasteiger charge is -2.18. The van der Waals surface area contributed by atoms with Gasteiger partial charge in [0, 0.05) is 6.61 Å². The van der Waals surface area contributed by atoms with E-state index in [1.165, 1.54) is 0 Å². The van der Waals surface area contributed by atoms with Gasteiger partial charge in [0.25, 0.3) is 0 Å². The summed E-state index contributed by atoms with van der Waals surface area (Å²) in [4.78, 5) is 0. The average molecular weight is 159 g/mol. The van der Waals surface area contributed by atoms with Gasteiger partial charge in [0.2, 0.25) is 0 Å². The van der Waals surface area contributed by atoms with Crippen molar-refractivity contribution in [3.05, 3.63) is 19.6 Å². The molecular formula is C8H15O3. The molecule has 2 atom stereocenters. The van der Waals surface area contributed by atoms with E-state index in [0.29, 0.717) is 13.0 Å². The topological polar surface area (TPSA) is 49.7 Å². The lowest BCUT2D eigenvalue weighted by molar-refractivity contribution is -0.0186. The van der Waals surface area contributed by atoms with E-state index in [4.69, 9.17) is 14.9 Å². The summed E-state index contributed by atoms with van der Waals surface area (Å²) in [6.45, 7) is 7.22. The Balaban J connectivity index is 3.59. The van der Waals surface area contributed by atoms with Crippen LogP contribution in [0.3, 0.4) is 0 Å². The van der Waals surface area contributed by atoms with Crippen molar-refractivity contribution in [3.63, 3.8) is 0 Å². The maximum Gasteiger partial charge on any atom is 0.0860 e. The van der Waals surface area contributed by atoms with E-state index in [0.717, 1.165) is 0 Å². The van der Waals surface area contributed by atoms with Crippen LogP contribution < -0.4 is 0 Å². The van der Waals surface area contributed by atoms with Crippen LogP contribution in [0.15, 0.2) is 12.7 Å². The SMILES string of the molecule is [CH2]C(O)C(CCO)OCC=C. The lowest BCUT2D eigenvalue weighted by Crippen LogP contribution is -2.27. The fourth-order valence-electron chi connectivity index (χ4n) is 0.706. The molecule has 0 aromatic carbocycles. The second-order valence-corrected chi connectivity index (χ2v) is 2.24. The number of aliphatic hydroxyl groups is 2. The quantitative estimate of drug-likeness (QED) is 0.542. The average Bonchev–Trinajstić information content (AvgIpc) is 1.97. The molecule has 11 heavy (non-hydrogen) atoms. The first-order valence-corrected chi connectivity index (χ1v) is 3.57. The Morgan fingerprint density at radius 3 is 2.55 bits per heavy atom. The molecule has 0 bridgehead atoms. The van der Waals surface area contributed by atoms with E-state index >= 15 is 0 Å². The zero-order chi connectivity index (χ0) is 8.69. The van der Waals surface area contributed by atoms with Crippen LogP contribution in [0.4, 0.5) is 0 Å². The molecule has 0 amide bonds. The highest BCUT2D eigenvalue weighted by Gasteiger charge is 2.13. The van der Waals surface area contributed by atoms with E-state index in [-0.39, 0.29) is 6.61 Å². The number of hydrogen-bond acceptors (Lipinski definition) is 3. The zero-order valence-corrected chi connectivity index (χ0v) is 6.57. The van der Waals surface area contributed by atoms with E-state index < -0.39 is 12.2 Å². The fraction of sp³-hybridized carbons (Fsp3) is 0.625. The van der Waals surface area contributed by atoms with Gasteiger partial charge in [-0.2, -0.15) is 0 Å². The van der Waals surface area contributed by atoms with E-state index in [9.17, 15) is 0 Å². The van der Waals surface area contributed by atoms with Crippen molar-refractivity contribution in [1.29, 1.82) is 0 Å². The van der Waals surface area contributed by atoms with Crippen LogP contribution >= 0.6 is 0 Å². The smallest absolute Gasteiger partial charge is 0.0860 e. The second-order valence-electron chi connectivity index (χ2n) is 2.24. The first-order chi connectivity index (χ1) is 5.22. The van der Waals surface area contributed by atoms with E-state index in [1.54, 1.807) is 6.08 Å². The molecule has 2 N–H and O–H groups in total. The van der Waals surface area contributed by atoms with E-state index in [1.807, 2.05) is 0 Å². The van der Waals surface area contributed by atoms with Crippen LogP contribution in [0, 0.1) is 6.92 Å².